The molecule has 0 radical (unpaired) electrons. The lowest BCUT2D eigenvalue weighted by molar-refractivity contribution is -0.181. The monoisotopic (exact) mass is 630 g/mol. The molecule has 0 aromatic heterocycles. The summed E-state index contributed by atoms with van der Waals surface area (Å²) >= 11 is 0. The number of amides is 1. The van der Waals surface area contributed by atoms with Gasteiger partial charge in [-0.2, -0.15) is 0 Å². The van der Waals surface area contributed by atoms with Gasteiger partial charge in [-0.25, -0.2) is 0 Å². The third kappa shape index (κ3) is 4.88. The second kappa shape index (κ2) is 11.7. The molecule has 10 nitrogen and oxygen atoms in total. The highest BCUT2D eigenvalue weighted by Crippen LogP contribution is 2.52. The minimum Gasteiger partial charge on any atom is -0.507 e. The highest BCUT2D eigenvalue weighted by Gasteiger charge is 2.69. The van der Waals surface area contributed by atoms with Crippen molar-refractivity contribution >= 4 is 29.0 Å². The first-order chi connectivity index (χ1) is 21.8. The number of rotatable bonds is 6. The largest absolute Gasteiger partial charge is 0.507 e. The summed E-state index contributed by atoms with van der Waals surface area (Å²) in [6.07, 6.45) is 5.79. The molecule has 3 saturated carbocycles. The van der Waals surface area contributed by atoms with Crippen LogP contribution >= 0.6 is 0 Å². The van der Waals surface area contributed by atoms with Crippen LogP contribution in [0.4, 0.5) is 0 Å². The first kappa shape index (κ1) is 32.1. The Morgan fingerprint density at radius 3 is 2.37 bits per heavy atom. The Morgan fingerprint density at radius 2 is 1.74 bits per heavy atom. The van der Waals surface area contributed by atoms with Crippen molar-refractivity contribution in [1.29, 1.82) is 0 Å². The fourth-order valence-electron chi connectivity index (χ4n) is 8.83. The molecule has 0 spiro atoms. The Hall–Kier alpha value is -3.89. The maximum Gasteiger partial charge on any atom is 0.235 e. The number of aliphatic hydroxyl groups is 1. The average molecular weight is 631 g/mol. The number of aromatic hydroxyl groups is 1. The highest BCUT2D eigenvalue weighted by molar-refractivity contribution is 6.32. The molecule has 6 rings (SSSR count). The Labute approximate surface area is 268 Å². The van der Waals surface area contributed by atoms with Gasteiger partial charge < -0.3 is 20.7 Å². The molecule has 0 bridgehead atoms. The summed E-state index contributed by atoms with van der Waals surface area (Å²) < 4.78 is 5.72. The number of phenols is 1. The van der Waals surface area contributed by atoms with E-state index in [0.717, 1.165) is 47.6 Å². The van der Waals surface area contributed by atoms with E-state index in [2.05, 4.69) is 13.0 Å². The SMILES string of the molecule is COc1ccc(-c2ccc(O)c3c2C[C@@H]2C[C@@H]4[C@@H](N(C)C)C(=O)C(C(N)=O)C(=O)[C@]4(O)C(=O)C2C3=O)cc1CC1CCC(C)CC1. The smallest absolute Gasteiger partial charge is 0.235 e. The summed E-state index contributed by atoms with van der Waals surface area (Å²) in [6, 6.07) is 7.98. The number of hydrogen-bond donors (Lipinski definition) is 3. The topological polar surface area (TPSA) is 164 Å². The van der Waals surface area contributed by atoms with Crippen LogP contribution in [0.25, 0.3) is 11.1 Å². The van der Waals surface area contributed by atoms with Crippen molar-refractivity contribution in [3.63, 3.8) is 0 Å². The second-order valence-corrected chi connectivity index (χ2v) is 14.1. The van der Waals surface area contributed by atoms with Gasteiger partial charge in [0.2, 0.25) is 5.91 Å². The number of hydrogen-bond acceptors (Lipinski definition) is 9. The van der Waals surface area contributed by atoms with Crippen LogP contribution in [0.3, 0.4) is 0 Å². The molecule has 244 valence electrons. The summed E-state index contributed by atoms with van der Waals surface area (Å²) in [5.41, 5.74) is 5.88. The van der Waals surface area contributed by atoms with E-state index in [1.54, 1.807) is 27.3 Å². The number of carbonyl (C=O) groups is 5. The molecule has 0 heterocycles. The lowest BCUT2D eigenvalue weighted by Crippen LogP contribution is -2.74. The lowest BCUT2D eigenvalue weighted by Gasteiger charge is -2.52. The number of ether oxygens (including phenoxy) is 1. The lowest BCUT2D eigenvalue weighted by atomic mass is 9.52. The van der Waals surface area contributed by atoms with Crippen molar-refractivity contribution in [2.45, 2.75) is 63.5 Å². The Balaban J connectivity index is 1.41. The summed E-state index contributed by atoms with van der Waals surface area (Å²) in [6.45, 7) is 2.29. The molecule has 4 aliphatic carbocycles. The Morgan fingerprint density at radius 1 is 1.04 bits per heavy atom. The number of primary amides is 1. The molecule has 46 heavy (non-hydrogen) atoms. The Bertz CT molecular complexity index is 1640. The minimum absolute atomic E-state index is 0.00690. The number of ketones is 4. The zero-order valence-electron chi connectivity index (χ0n) is 26.7. The zero-order chi connectivity index (χ0) is 33.2. The van der Waals surface area contributed by atoms with Gasteiger partial charge in [-0.15, -0.1) is 0 Å². The molecule has 1 amide bonds. The fourth-order valence-corrected chi connectivity index (χ4v) is 8.83. The number of benzene rings is 2. The van der Waals surface area contributed by atoms with Crippen LogP contribution in [0.1, 0.15) is 60.5 Å². The molecule has 0 saturated heterocycles. The van der Waals surface area contributed by atoms with E-state index < -0.39 is 64.4 Å². The summed E-state index contributed by atoms with van der Waals surface area (Å²) in [7, 11) is 4.79. The predicted octanol–water partition coefficient (Wildman–Crippen LogP) is 2.91. The van der Waals surface area contributed by atoms with Gasteiger partial charge >= 0.3 is 0 Å². The van der Waals surface area contributed by atoms with Crippen molar-refractivity contribution in [2.24, 2.45) is 41.2 Å². The molecule has 2 aromatic carbocycles. The summed E-state index contributed by atoms with van der Waals surface area (Å²) in [5, 5.41) is 22.8. The second-order valence-electron chi connectivity index (χ2n) is 14.1. The number of nitrogens with two attached hydrogens (primary N) is 1. The van der Waals surface area contributed by atoms with Gasteiger partial charge in [-0.1, -0.05) is 31.9 Å². The van der Waals surface area contributed by atoms with Crippen molar-refractivity contribution in [2.75, 3.05) is 21.2 Å². The fraction of sp³-hybridized carbons (Fsp3) is 0.528. The van der Waals surface area contributed by atoms with Gasteiger partial charge in [-0.3, -0.25) is 28.9 Å². The van der Waals surface area contributed by atoms with Gasteiger partial charge in [0, 0.05) is 5.92 Å². The van der Waals surface area contributed by atoms with E-state index in [1.807, 2.05) is 12.1 Å². The molecule has 10 heteroatoms. The quantitative estimate of drug-likeness (QED) is 0.407. The number of nitrogens with zero attached hydrogens (tertiary/aromatic N) is 1. The number of phenolic OH excluding ortho intramolecular Hbond substituents is 1. The van der Waals surface area contributed by atoms with E-state index in [4.69, 9.17) is 10.5 Å². The van der Waals surface area contributed by atoms with Crippen LogP contribution in [-0.4, -0.2) is 77.0 Å². The predicted molar refractivity (Wildman–Crippen MR) is 168 cm³/mol. The van der Waals surface area contributed by atoms with E-state index in [0.29, 0.717) is 11.5 Å². The minimum atomic E-state index is -2.74. The van der Waals surface area contributed by atoms with Crippen LogP contribution in [0, 0.1) is 35.5 Å². The maximum absolute atomic E-state index is 14.1. The van der Waals surface area contributed by atoms with Crippen molar-refractivity contribution in [1.82, 2.24) is 4.90 Å². The molecule has 4 N–H and O–H groups in total. The highest BCUT2D eigenvalue weighted by atomic mass is 16.5. The van der Waals surface area contributed by atoms with E-state index in [-0.39, 0.29) is 24.2 Å². The van der Waals surface area contributed by atoms with Crippen LogP contribution in [0.15, 0.2) is 30.3 Å². The molecular formula is C36H42N2O8. The van der Waals surface area contributed by atoms with E-state index in [1.165, 1.54) is 23.8 Å². The summed E-state index contributed by atoms with van der Waals surface area (Å²) in [5.74, 6) is -8.47. The molecule has 6 atom stereocenters. The first-order valence-corrected chi connectivity index (χ1v) is 16.2. The molecule has 3 fully saturated rings. The first-order valence-electron chi connectivity index (χ1n) is 16.2. The van der Waals surface area contributed by atoms with Crippen molar-refractivity contribution in [3.8, 4) is 22.6 Å². The van der Waals surface area contributed by atoms with E-state index in [9.17, 15) is 34.2 Å². The van der Waals surface area contributed by atoms with Gasteiger partial charge in [-0.05, 0) is 104 Å². The number of likely N-dealkylation sites (N-methyl/N-ethyl adjacent to an activating group) is 1. The number of Topliss-reactive ketones (excluding diaryl/α,β-unsaturated/α-hetero) is 4. The number of fused-ring (bicyclic) bond motifs is 3. The number of carbonyl (C=O) groups excluding carboxylic acids is 5. The third-order valence-corrected chi connectivity index (χ3v) is 11.2. The van der Waals surface area contributed by atoms with Gasteiger partial charge in [0.25, 0.3) is 0 Å². The molecule has 0 aliphatic heterocycles. The van der Waals surface area contributed by atoms with E-state index >= 15 is 0 Å². The third-order valence-electron chi connectivity index (χ3n) is 11.2. The molecule has 4 aliphatic rings. The van der Waals surface area contributed by atoms with Crippen LogP contribution in [0.2, 0.25) is 0 Å². The Kier molecular flexibility index (Phi) is 8.17. The van der Waals surface area contributed by atoms with Gasteiger partial charge in [0.1, 0.15) is 11.5 Å². The van der Waals surface area contributed by atoms with Crippen LogP contribution < -0.4 is 10.5 Å². The average Bonchev–Trinajstić information content (AvgIpc) is 3.00. The normalized spacial score (nSPS) is 32.5. The maximum atomic E-state index is 14.1. The molecule has 2 unspecified atom stereocenters. The molecule has 2 aromatic rings. The summed E-state index contributed by atoms with van der Waals surface area (Å²) in [4.78, 5) is 68.8. The number of methoxy groups -OCH3 is 1. The van der Waals surface area contributed by atoms with Crippen LogP contribution in [-0.2, 0) is 32.0 Å². The van der Waals surface area contributed by atoms with Crippen LogP contribution in [0.5, 0.6) is 11.5 Å². The van der Waals surface area contributed by atoms with Crippen molar-refractivity contribution in [3.05, 3.63) is 47.0 Å². The van der Waals surface area contributed by atoms with Crippen molar-refractivity contribution < 1.29 is 38.9 Å². The van der Waals surface area contributed by atoms with Gasteiger partial charge in [0.15, 0.2) is 34.7 Å². The van der Waals surface area contributed by atoms with Gasteiger partial charge in [0.05, 0.1) is 24.6 Å². The standard InChI is InChI=1S/C36H42N2O8/c1-17-5-7-18(8-6-17)13-20-14-19(9-12-26(20)46-4)22-10-11-25(39)28-23(22)15-21-16-24-30(38(2)3)32(41)29(35(37)44)34(43)36(24,45)33(42)27(21)31(28)40/h9-12,14,17-18,21,24,27,29-30,39,45H,5-8,13,15-16H2,1-4H3,(H2,37,44)/t17?,18?,21-,24-,27?,29?,30-,36-/m1/s1. The zero-order valence-corrected chi connectivity index (χ0v) is 26.7. The molecular weight excluding hydrogens is 588 g/mol.